The minimum Gasteiger partial charge on any atom is -0.467 e. The number of carbonyl (C=O) groups excluding carboxylic acids is 1. The highest BCUT2D eigenvalue weighted by Crippen LogP contribution is 2.37. The summed E-state index contributed by atoms with van der Waals surface area (Å²) in [6, 6.07) is 12.6. The Morgan fingerprint density at radius 2 is 2.14 bits per heavy atom. The fourth-order valence-electron chi connectivity index (χ4n) is 2.77. The first-order valence-electron chi connectivity index (χ1n) is 6.50. The van der Waals surface area contributed by atoms with E-state index >= 15 is 0 Å². The molecule has 4 rings (SSSR count). The second kappa shape index (κ2) is 4.21. The molecular weight excluding hydrogens is 268 g/mol. The van der Waals surface area contributed by atoms with E-state index in [2.05, 4.69) is 16.4 Å². The number of anilines is 1. The van der Waals surface area contributed by atoms with Crippen LogP contribution in [0.2, 0.25) is 0 Å². The Balaban J connectivity index is 2.04. The number of nitrogens with one attached hydrogen (secondary N) is 1. The van der Waals surface area contributed by atoms with Crippen molar-refractivity contribution in [1.82, 2.24) is 9.55 Å². The van der Waals surface area contributed by atoms with Crippen molar-refractivity contribution >= 4 is 22.9 Å². The van der Waals surface area contributed by atoms with Crippen LogP contribution in [0.4, 0.5) is 5.95 Å². The molecule has 2 aromatic heterocycles. The summed E-state index contributed by atoms with van der Waals surface area (Å²) >= 11 is 0. The summed E-state index contributed by atoms with van der Waals surface area (Å²) in [7, 11) is 0. The number of aromatic nitrogens is 2. The molecule has 2 atom stereocenters. The fourth-order valence-corrected chi connectivity index (χ4v) is 2.77. The first-order chi connectivity index (χ1) is 10.3. The zero-order valence-corrected chi connectivity index (χ0v) is 10.9. The number of fused-ring (bicyclic) bond motifs is 3. The van der Waals surface area contributed by atoms with Gasteiger partial charge in [-0.1, -0.05) is 12.1 Å². The maximum atomic E-state index is 12.1. The van der Waals surface area contributed by atoms with Crippen molar-refractivity contribution < 1.29 is 9.21 Å². The SMILES string of the molecule is N#C[C@H]1C(=O)Nc2nc3ccccc3n2[C@@H]1c1ccco1. The van der Waals surface area contributed by atoms with Crippen LogP contribution in [0.15, 0.2) is 47.1 Å². The molecule has 0 saturated heterocycles. The molecular formula is C15H10N4O2. The molecule has 1 amide bonds. The molecule has 1 aliphatic rings. The Morgan fingerprint density at radius 1 is 1.29 bits per heavy atom. The Morgan fingerprint density at radius 3 is 2.90 bits per heavy atom. The number of para-hydroxylation sites is 2. The van der Waals surface area contributed by atoms with E-state index in [1.165, 1.54) is 6.26 Å². The average Bonchev–Trinajstić information content (AvgIpc) is 3.13. The van der Waals surface area contributed by atoms with Gasteiger partial charge in [0.1, 0.15) is 11.8 Å². The number of nitrogens with zero attached hydrogens (tertiary/aromatic N) is 3. The highest BCUT2D eigenvalue weighted by atomic mass is 16.3. The smallest absolute Gasteiger partial charge is 0.246 e. The Hall–Kier alpha value is -3.07. The Kier molecular flexibility index (Phi) is 2.35. The van der Waals surface area contributed by atoms with Gasteiger partial charge in [-0.15, -0.1) is 0 Å². The van der Waals surface area contributed by atoms with Gasteiger partial charge >= 0.3 is 0 Å². The van der Waals surface area contributed by atoms with Gasteiger partial charge in [-0.3, -0.25) is 14.7 Å². The van der Waals surface area contributed by atoms with Crippen LogP contribution in [0.5, 0.6) is 0 Å². The number of hydrogen-bond acceptors (Lipinski definition) is 4. The largest absolute Gasteiger partial charge is 0.467 e. The van der Waals surface area contributed by atoms with Crippen molar-refractivity contribution in [3.63, 3.8) is 0 Å². The predicted octanol–water partition coefficient (Wildman–Crippen LogP) is 2.31. The number of imidazole rings is 1. The first kappa shape index (κ1) is 11.7. The summed E-state index contributed by atoms with van der Waals surface area (Å²) in [5.74, 6) is -0.210. The molecule has 0 saturated carbocycles. The van der Waals surface area contributed by atoms with Gasteiger partial charge in [-0.25, -0.2) is 4.98 Å². The molecule has 1 N–H and O–H groups in total. The van der Waals surface area contributed by atoms with Crippen LogP contribution in [0.25, 0.3) is 11.0 Å². The minimum atomic E-state index is -0.860. The highest BCUT2D eigenvalue weighted by molar-refractivity contribution is 5.97. The third kappa shape index (κ3) is 1.58. The number of carbonyl (C=O) groups is 1. The lowest BCUT2D eigenvalue weighted by Gasteiger charge is -2.27. The number of amides is 1. The topological polar surface area (TPSA) is 83.9 Å². The first-order valence-corrected chi connectivity index (χ1v) is 6.50. The molecule has 0 bridgehead atoms. The molecule has 6 nitrogen and oxygen atoms in total. The number of rotatable bonds is 1. The third-order valence-electron chi connectivity index (χ3n) is 3.68. The lowest BCUT2D eigenvalue weighted by Crippen LogP contribution is -2.37. The monoisotopic (exact) mass is 278 g/mol. The normalized spacial score (nSPS) is 20.8. The Bertz CT molecular complexity index is 873. The van der Waals surface area contributed by atoms with Crippen LogP contribution in [0.1, 0.15) is 11.8 Å². The third-order valence-corrected chi connectivity index (χ3v) is 3.68. The molecule has 1 aromatic carbocycles. The van der Waals surface area contributed by atoms with Crippen molar-refractivity contribution in [3.05, 3.63) is 48.4 Å². The van der Waals surface area contributed by atoms with E-state index in [4.69, 9.17) is 4.42 Å². The molecule has 0 fully saturated rings. The van der Waals surface area contributed by atoms with Crippen molar-refractivity contribution in [2.24, 2.45) is 5.92 Å². The summed E-state index contributed by atoms with van der Waals surface area (Å²) in [6.07, 6.45) is 1.54. The van der Waals surface area contributed by atoms with E-state index in [1.54, 1.807) is 12.1 Å². The second-order valence-electron chi connectivity index (χ2n) is 4.85. The van der Waals surface area contributed by atoms with Crippen LogP contribution in [0, 0.1) is 17.2 Å². The number of furan rings is 1. The lowest BCUT2D eigenvalue weighted by atomic mass is 9.96. The number of hydrogen-bond donors (Lipinski definition) is 1. The van der Waals surface area contributed by atoms with Gasteiger partial charge in [0.2, 0.25) is 11.9 Å². The molecule has 3 heterocycles. The van der Waals surface area contributed by atoms with Crippen LogP contribution >= 0.6 is 0 Å². The van der Waals surface area contributed by atoms with Gasteiger partial charge in [0, 0.05) is 0 Å². The van der Waals surface area contributed by atoms with E-state index in [9.17, 15) is 10.1 Å². The zero-order valence-electron chi connectivity index (χ0n) is 10.9. The Labute approximate surface area is 119 Å². The number of nitriles is 1. The average molecular weight is 278 g/mol. The van der Waals surface area contributed by atoms with Crippen LogP contribution in [0.3, 0.4) is 0 Å². The van der Waals surface area contributed by atoms with Crippen LogP contribution in [-0.2, 0) is 4.79 Å². The van der Waals surface area contributed by atoms with Gasteiger partial charge in [-0.2, -0.15) is 5.26 Å². The minimum absolute atomic E-state index is 0.360. The van der Waals surface area contributed by atoms with Gasteiger partial charge < -0.3 is 4.42 Å². The second-order valence-corrected chi connectivity index (χ2v) is 4.85. The molecule has 0 unspecified atom stereocenters. The van der Waals surface area contributed by atoms with E-state index in [0.717, 1.165) is 11.0 Å². The van der Waals surface area contributed by atoms with Crippen molar-refractivity contribution in [2.45, 2.75) is 6.04 Å². The zero-order chi connectivity index (χ0) is 14.4. The van der Waals surface area contributed by atoms with Gasteiger partial charge in [-0.05, 0) is 24.3 Å². The standard InChI is InChI=1S/C15H10N4O2/c16-8-9-13(12-6-3-7-21-12)19-11-5-2-1-4-10(11)17-15(19)18-14(9)20/h1-7,9,13H,(H,17,18,20)/t9-,13+/m1/s1. The van der Waals surface area contributed by atoms with Gasteiger partial charge in [0.05, 0.1) is 23.4 Å². The summed E-state index contributed by atoms with van der Waals surface area (Å²) in [5, 5.41) is 12.1. The van der Waals surface area contributed by atoms with Crippen molar-refractivity contribution in [2.75, 3.05) is 5.32 Å². The summed E-state index contributed by atoms with van der Waals surface area (Å²) in [6.45, 7) is 0. The van der Waals surface area contributed by atoms with Crippen molar-refractivity contribution in [1.29, 1.82) is 5.26 Å². The number of benzene rings is 1. The summed E-state index contributed by atoms with van der Waals surface area (Å²) < 4.78 is 7.30. The van der Waals surface area contributed by atoms with E-state index in [1.807, 2.05) is 28.8 Å². The molecule has 102 valence electrons. The highest BCUT2D eigenvalue weighted by Gasteiger charge is 2.40. The van der Waals surface area contributed by atoms with E-state index in [0.29, 0.717) is 11.7 Å². The molecule has 0 spiro atoms. The summed E-state index contributed by atoms with van der Waals surface area (Å²) in [4.78, 5) is 16.6. The predicted molar refractivity (Wildman–Crippen MR) is 74.3 cm³/mol. The summed E-state index contributed by atoms with van der Waals surface area (Å²) in [5.41, 5.74) is 1.62. The molecule has 21 heavy (non-hydrogen) atoms. The molecule has 1 aliphatic heterocycles. The van der Waals surface area contributed by atoms with E-state index in [-0.39, 0.29) is 5.91 Å². The molecule has 0 radical (unpaired) electrons. The van der Waals surface area contributed by atoms with Gasteiger partial charge in [0.15, 0.2) is 5.92 Å². The maximum absolute atomic E-state index is 12.1. The fraction of sp³-hybridized carbons (Fsp3) is 0.133. The quantitative estimate of drug-likeness (QED) is 0.740. The molecule has 3 aromatic rings. The molecule has 0 aliphatic carbocycles. The lowest BCUT2D eigenvalue weighted by molar-refractivity contribution is -0.119. The van der Waals surface area contributed by atoms with Crippen molar-refractivity contribution in [3.8, 4) is 6.07 Å². The van der Waals surface area contributed by atoms with Crippen LogP contribution < -0.4 is 5.32 Å². The van der Waals surface area contributed by atoms with E-state index < -0.39 is 12.0 Å². The van der Waals surface area contributed by atoms with Gasteiger partial charge in [0.25, 0.3) is 0 Å². The van der Waals surface area contributed by atoms with Crippen LogP contribution in [-0.4, -0.2) is 15.5 Å². The molecule has 6 heteroatoms. The maximum Gasteiger partial charge on any atom is 0.246 e.